The van der Waals surface area contributed by atoms with E-state index in [2.05, 4.69) is 10.6 Å². The van der Waals surface area contributed by atoms with E-state index < -0.39 is 6.10 Å². The van der Waals surface area contributed by atoms with E-state index >= 15 is 0 Å². The second-order valence-electron chi connectivity index (χ2n) is 5.29. The fourth-order valence-corrected chi connectivity index (χ4v) is 2.07. The maximum Gasteiger partial charge on any atom is 0.265 e. The van der Waals surface area contributed by atoms with Crippen LogP contribution in [0.4, 0.5) is 11.4 Å². The van der Waals surface area contributed by atoms with Crippen molar-refractivity contribution in [2.45, 2.75) is 26.9 Å². The summed E-state index contributed by atoms with van der Waals surface area (Å²) in [5.74, 6) is 0.155. The molecule has 0 aromatic heterocycles. The van der Waals surface area contributed by atoms with Gasteiger partial charge in [-0.3, -0.25) is 9.59 Å². The van der Waals surface area contributed by atoms with Gasteiger partial charge < -0.3 is 15.4 Å². The number of amides is 2. The van der Waals surface area contributed by atoms with E-state index in [1.54, 1.807) is 31.2 Å². The van der Waals surface area contributed by atoms with Crippen molar-refractivity contribution in [1.29, 1.82) is 0 Å². The number of carbonyl (C=O) groups is 2. The Morgan fingerprint density at radius 2 is 1.65 bits per heavy atom. The zero-order valence-corrected chi connectivity index (χ0v) is 13.4. The smallest absolute Gasteiger partial charge is 0.265 e. The van der Waals surface area contributed by atoms with E-state index in [1.165, 1.54) is 6.92 Å². The summed E-state index contributed by atoms with van der Waals surface area (Å²) in [7, 11) is 0. The van der Waals surface area contributed by atoms with Crippen LogP contribution in [0.5, 0.6) is 5.75 Å². The second kappa shape index (κ2) is 7.45. The summed E-state index contributed by atoms with van der Waals surface area (Å²) in [6.07, 6.45) is -0.665. The van der Waals surface area contributed by atoms with E-state index in [0.29, 0.717) is 17.1 Å². The molecule has 5 heteroatoms. The van der Waals surface area contributed by atoms with Crippen LogP contribution in [0.25, 0.3) is 0 Å². The van der Waals surface area contributed by atoms with E-state index in [9.17, 15) is 9.59 Å². The highest BCUT2D eigenvalue weighted by Gasteiger charge is 2.16. The number of nitrogens with one attached hydrogen (secondary N) is 2. The minimum Gasteiger partial charge on any atom is -0.481 e. The molecule has 0 saturated heterocycles. The SMILES string of the molecule is CC(=O)Nc1ccccc1NC(=O)C(C)Oc1cccc(C)c1. The molecule has 2 rings (SSSR count). The third-order valence-electron chi connectivity index (χ3n) is 3.17. The topological polar surface area (TPSA) is 67.4 Å². The lowest BCUT2D eigenvalue weighted by molar-refractivity contribution is -0.122. The summed E-state index contributed by atoms with van der Waals surface area (Å²) >= 11 is 0. The minimum atomic E-state index is -0.665. The van der Waals surface area contributed by atoms with Crippen LogP contribution in [0.3, 0.4) is 0 Å². The summed E-state index contributed by atoms with van der Waals surface area (Å²) in [4.78, 5) is 23.5. The fraction of sp³-hybridized carbons (Fsp3) is 0.222. The highest BCUT2D eigenvalue weighted by Crippen LogP contribution is 2.21. The predicted molar refractivity (Wildman–Crippen MR) is 90.6 cm³/mol. The monoisotopic (exact) mass is 312 g/mol. The standard InChI is InChI=1S/C18H20N2O3/c1-12-7-6-8-15(11-12)23-13(2)18(22)20-17-10-5-4-9-16(17)19-14(3)21/h4-11,13H,1-3H3,(H,19,21)(H,20,22). The Bertz CT molecular complexity index is 713. The number of rotatable bonds is 5. The molecule has 5 nitrogen and oxygen atoms in total. The molecule has 2 amide bonds. The average molecular weight is 312 g/mol. The van der Waals surface area contributed by atoms with E-state index in [1.807, 2.05) is 31.2 Å². The number of hydrogen-bond acceptors (Lipinski definition) is 3. The molecule has 0 saturated carbocycles. The van der Waals surface area contributed by atoms with Crippen molar-refractivity contribution in [2.24, 2.45) is 0 Å². The van der Waals surface area contributed by atoms with Crippen molar-refractivity contribution in [3.05, 3.63) is 54.1 Å². The molecule has 0 aliphatic rings. The molecular formula is C18H20N2O3. The highest BCUT2D eigenvalue weighted by atomic mass is 16.5. The van der Waals surface area contributed by atoms with Crippen molar-refractivity contribution in [3.8, 4) is 5.75 Å². The molecule has 0 aliphatic heterocycles. The molecule has 120 valence electrons. The highest BCUT2D eigenvalue weighted by molar-refractivity contribution is 6.00. The first-order valence-corrected chi connectivity index (χ1v) is 7.36. The molecule has 0 aliphatic carbocycles. The van der Waals surface area contributed by atoms with Crippen LogP contribution in [0, 0.1) is 6.92 Å². The molecule has 2 N–H and O–H groups in total. The van der Waals surface area contributed by atoms with Crippen LogP contribution in [-0.2, 0) is 9.59 Å². The van der Waals surface area contributed by atoms with Crippen molar-refractivity contribution >= 4 is 23.2 Å². The van der Waals surface area contributed by atoms with Crippen LogP contribution in [0.15, 0.2) is 48.5 Å². The lowest BCUT2D eigenvalue weighted by atomic mass is 10.2. The first-order valence-electron chi connectivity index (χ1n) is 7.36. The van der Waals surface area contributed by atoms with Gasteiger partial charge in [0.05, 0.1) is 11.4 Å². The van der Waals surface area contributed by atoms with Gasteiger partial charge in [0.1, 0.15) is 5.75 Å². The Morgan fingerprint density at radius 3 is 2.26 bits per heavy atom. The quantitative estimate of drug-likeness (QED) is 0.889. The van der Waals surface area contributed by atoms with Crippen LogP contribution in [-0.4, -0.2) is 17.9 Å². The molecule has 2 aromatic rings. The van der Waals surface area contributed by atoms with Crippen molar-refractivity contribution < 1.29 is 14.3 Å². The normalized spacial score (nSPS) is 11.4. The lowest BCUT2D eigenvalue weighted by Gasteiger charge is -2.16. The largest absolute Gasteiger partial charge is 0.481 e. The molecule has 1 atom stereocenters. The van der Waals surface area contributed by atoms with Crippen LogP contribution >= 0.6 is 0 Å². The van der Waals surface area contributed by atoms with Gasteiger partial charge in [0, 0.05) is 6.92 Å². The maximum absolute atomic E-state index is 12.3. The first-order chi connectivity index (χ1) is 11.0. The Morgan fingerprint density at radius 1 is 1.00 bits per heavy atom. The zero-order chi connectivity index (χ0) is 16.8. The number of hydrogen-bond donors (Lipinski definition) is 2. The van der Waals surface area contributed by atoms with E-state index in [4.69, 9.17) is 4.74 Å². The van der Waals surface area contributed by atoms with Crippen molar-refractivity contribution in [1.82, 2.24) is 0 Å². The van der Waals surface area contributed by atoms with Gasteiger partial charge in [-0.15, -0.1) is 0 Å². The average Bonchev–Trinajstić information content (AvgIpc) is 2.48. The van der Waals surface area contributed by atoms with Crippen molar-refractivity contribution in [2.75, 3.05) is 10.6 Å². The fourth-order valence-electron chi connectivity index (χ4n) is 2.07. The molecule has 0 radical (unpaired) electrons. The summed E-state index contributed by atoms with van der Waals surface area (Å²) < 4.78 is 5.65. The Hall–Kier alpha value is -2.82. The number of anilines is 2. The third kappa shape index (κ3) is 4.85. The van der Waals surface area contributed by atoms with Crippen LogP contribution in [0.2, 0.25) is 0 Å². The predicted octanol–water partition coefficient (Wildman–Crippen LogP) is 3.36. The zero-order valence-electron chi connectivity index (χ0n) is 13.4. The molecule has 0 bridgehead atoms. The van der Waals surface area contributed by atoms with Crippen molar-refractivity contribution in [3.63, 3.8) is 0 Å². The second-order valence-corrected chi connectivity index (χ2v) is 5.29. The van der Waals surface area contributed by atoms with Crippen LogP contribution in [0.1, 0.15) is 19.4 Å². The summed E-state index contributed by atoms with van der Waals surface area (Å²) in [5, 5.41) is 5.45. The molecule has 0 fully saturated rings. The molecule has 23 heavy (non-hydrogen) atoms. The van der Waals surface area contributed by atoms with E-state index in [-0.39, 0.29) is 11.8 Å². The van der Waals surface area contributed by atoms with Gasteiger partial charge in [-0.05, 0) is 43.7 Å². The number of ether oxygens (including phenoxy) is 1. The van der Waals surface area contributed by atoms with Gasteiger partial charge >= 0.3 is 0 Å². The Labute approximate surface area is 135 Å². The van der Waals surface area contributed by atoms with Gasteiger partial charge in [0.25, 0.3) is 5.91 Å². The third-order valence-corrected chi connectivity index (χ3v) is 3.17. The van der Waals surface area contributed by atoms with Gasteiger partial charge in [0.15, 0.2) is 6.10 Å². The number of aryl methyl sites for hydroxylation is 1. The lowest BCUT2D eigenvalue weighted by Crippen LogP contribution is -2.30. The molecular weight excluding hydrogens is 292 g/mol. The number of benzene rings is 2. The Kier molecular flexibility index (Phi) is 5.36. The van der Waals surface area contributed by atoms with Crippen LogP contribution < -0.4 is 15.4 Å². The van der Waals surface area contributed by atoms with E-state index in [0.717, 1.165) is 5.56 Å². The molecule has 0 spiro atoms. The minimum absolute atomic E-state index is 0.198. The van der Waals surface area contributed by atoms with Gasteiger partial charge in [-0.2, -0.15) is 0 Å². The molecule has 1 unspecified atom stereocenters. The van der Waals surface area contributed by atoms with Gasteiger partial charge in [0.2, 0.25) is 5.91 Å². The maximum atomic E-state index is 12.3. The summed E-state index contributed by atoms with van der Waals surface area (Å²) in [6, 6.07) is 14.5. The van der Waals surface area contributed by atoms with Gasteiger partial charge in [-0.1, -0.05) is 24.3 Å². The summed E-state index contributed by atoms with van der Waals surface area (Å²) in [5.41, 5.74) is 2.15. The number of carbonyl (C=O) groups excluding carboxylic acids is 2. The molecule has 2 aromatic carbocycles. The molecule has 0 heterocycles. The van der Waals surface area contributed by atoms with Gasteiger partial charge in [-0.25, -0.2) is 0 Å². The Balaban J connectivity index is 2.05. The summed E-state index contributed by atoms with van der Waals surface area (Å²) in [6.45, 7) is 5.06. The number of para-hydroxylation sites is 2. The first kappa shape index (κ1) is 16.5.